The Labute approximate surface area is 474 Å². The van der Waals surface area contributed by atoms with Gasteiger partial charge in [-0.3, -0.25) is 9.59 Å². The molecule has 4 atom stereocenters. The molecule has 6 aromatic rings. The van der Waals surface area contributed by atoms with Gasteiger partial charge in [-0.25, -0.2) is 20.0 Å². The quantitative estimate of drug-likeness (QED) is 0.0468. The molecule has 4 unspecified atom stereocenters. The largest absolute Gasteiger partial charge is 0.507 e. The Hall–Kier alpha value is -8.34. The highest BCUT2D eigenvalue weighted by Crippen LogP contribution is 2.40. The van der Waals surface area contributed by atoms with Crippen molar-refractivity contribution in [3.05, 3.63) is 187 Å². The van der Waals surface area contributed by atoms with Gasteiger partial charge in [-0.05, 0) is 126 Å². The number of hydrogen-bond donors (Lipinski definition) is 4. The highest BCUT2D eigenvalue weighted by atomic mass is 16.6. The number of aliphatic hydroxyl groups excluding tert-OH is 2. The Kier molecular flexibility index (Phi) is 19.1. The fourth-order valence-corrected chi connectivity index (χ4v) is 9.96. The molecule has 0 aromatic heterocycles. The second kappa shape index (κ2) is 26.3. The molecule has 0 bridgehead atoms. The predicted octanol–water partition coefficient (Wildman–Crippen LogP) is 10.8. The summed E-state index contributed by atoms with van der Waals surface area (Å²) in [4.78, 5) is 50.0. The van der Waals surface area contributed by atoms with Crippen molar-refractivity contribution in [2.45, 2.75) is 119 Å². The van der Waals surface area contributed by atoms with E-state index in [0.29, 0.717) is 47.3 Å². The second-order valence-corrected chi connectivity index (χ2v) is 21.1. The number of ether oxygens (including phenoxy) is 4. The Morgan fingerprint density at radius 1 is 0.481 bits per heavy atom. The van der Waals surface area contributed by atoms with Crippen LogP contribution in [0.25, 0.3) is 0 Å². The summed E-state index contributed by atoms with van der Waals surface area (Å²) in [5.74, 6) is 0.938. The summed E-state index contributed by atoms with van der Waals surface area (Å²) in [5, 5.41) is 46.0. The van der Waals surface area contributed by atoms with Gasteiger partial charge in [-0.2, -0.15) is 0 Å². The van der Waals surface area contributed by atoms with Crippen LogP contribution in [0.2, 0.25) is 0 Å². The van der Waals surface area contributed by atoms with E-state index in [4.69, 9.17) is 38.9 Å². The summed E-state index contributed by atoms with van der Waals surface area (Å²) >= 11 is 0. The molecule has 16 nitrogen and oxygen atoms in total. The van der Waals surface area contributed by atoms with E-state index in [2.05, 4.69) is 36.4 Å². The third-order valence-corrected chi connectivity index (χ3v) is 14.1. The molecule has 0 radical (unpaired) electrons. The molecule has 16 heteroatoms. The van der Waals surface area contributed by atoms with Crippen LogP contribution >= 0.6 is 0 Å². The van der Waals surface area contributed by atoms with Crippen molar-refractivity contribution >= 4 is 35.3 Å². The fraction of sp³-hybridized carbons (Fsp3) is 0.354. The molecule has 8 rings (SSSR count). The van der Waals surface area contributed by atoms with Crippen LogP contribution in [0.3, 0.4) is 0 Å². The average molecular weight is 1100 g/mol. The number of phenolic OH excluding ortho intramolecular Hbond substituents is 2. The second-order valence-electron chi connectivity index (χ2n) is 21.1. The number of aliphatic hydroxyl groups is 2. The van der Waals surface area contributed by atoms with E-state index < -0.39 is 36.5 Å². The Balaban J connectivity index is 1.30. The number of carbonyl (C=O) groups is 2. The first-order valence-corrected chi connectivity index (χ1v) is 27.6. The van der Waals surface area contributed by atoms with Crippen molar-refractivity contribution in [3.63, 3.8) is 0 Å². The van der Waals surface area contributed by atoms with Crippen LogP contribution in [0.4, 0.5) is 0 Å². The molecule has 424 valence electrons. The number of nitrogens with zero attached hydrogens (tertiary/aromatic N) is 6. The number of esters is 2. The molecule has 81 heavy (non-hydrogen) atoms. The minimum absolute atomic E-state index is 0.0256. The molecule has 0 amide bonds. The van der Waals surface area contributed by atoms with Gasteiger partial charge in [-0.15, -0.1) is 0 Å². The van der Waals surface area contributed by atoms with Crippen molar-refractivity contribution in [3.8, 4) is 23.0 Å². The molecule has 0 saturated carbocycles. The first-order valence-electron chi connectivity index (χ1n) is 27.6. The Morgan fingerprint density at radius 3 is 1.19 bits per heavy atom. The zero-order chi connectivity index (χ0) is 58.1. The van der Waals surface area contributed by atoms with Gasteiger partial charge in [-0.1, -0.05) is 109 Å². The molecule has 2 aliphatic heterocycles. The molecular formula is C65H74N6O10. The van der Waals surface area contributed by atoms with E-state index in [1.807, 2.05) is 115 Å². The maximum absolute atomic E-state index is 12.3. The van der Waals surface area contributed by atoms with Crippen molar-refractivity contribution in [1.29, 1.82) is 0 Å². The molecule has 0 aliphatic carbocycles. The first-order chi connectivity index (χ1) is 38.8. The monoisotopic (exact) mass is 1100 g/mol. The normalized spacial score (nSPS) is 16.0. The van der Waals surface area contributed by atoms with E-state index in [9.17, 15) is 30.0 Å². The van der Waals surface area contributed by atoms with Crippen LogP contribution in [0, 0.1) is 55.4 Å². The van der Waals surface area contributed by atoms with Crippen LogP contribution in [-0.2, 0) is 19.1 Å². The number of aryl methyl sites for hydroxylation is 8. The van der Waals surface area contributed by atoms with Crippen molar-refractivity contribution in [2.24, 2.45) is 20.0 Å². The van der Waals surface area contributed by atoms with E-state index in [0.717, 1.165) is 66.8 Å². The summed E-state index contributed by atoms with van der Waals surface area (Å²) < 4.78 is 22.4. The highest BCUT2D eigenvalue weighted by Gasteiger charge is 2.39. The molecule has 0 fully saturated rings. The smallest absolute Gasteiger partial charge is 0.305 e. The summed E-state index contributed by atoms with van der Waals surface area (Å²) in [5.41, 5.74) is 12.1. The van der Waals surface area contributed by atoms with Gasteiger partial charge in [0, 0.05) is 36.1 Å². The van der Waals surface area contributed by atoms with Gasteiger partial charge >= 0.3 is 11.9 Å². The van der Waals surface area contributed by atoms with Crippen LogP contribution in [0.1, 0.15) is 130 Å². The number of amidine groups is 4. The predicted molar refractivity (Wildman–Crippen MR) is 315 cm³/mol. The molecular weight excluding hydrogens is 1020 g/mol. The SMILES string of the molecule is CCCC(=O)OCC(O)COc1ccc(C2=NC(c3ccc(C)cc3C)=NC(c3ccc(C)cc3C)N2CN2C(c3ccc(OCC(O)COC(=O)CCC)cc3O)=NC(c3ccc(C)cc3C)=NC2c2ccc(C)cc2C)c(O)c1. The maximum atomic E-state index is 12.3. The van der Waals surface area contributed by atoms with Gasteiger partial charge < -0.3 is 49.2 Å². The van der Waals surface area contributed by atoms with Crippen molar-refractivity contribution in [1.82, 2.24) is 9.80 Å². The summed E-state index contributed by atoms with van der Waals surface area (Å²) in [6, 6.07) is 34.4. The van der Waals surface area contributed by atoms with Gasteiger partial charge in [0.1, 0.15) is 73.3 Å². The van der Waals surface area contributed by atoms with Crippen molar-refractivity contribution < 1.29 is 49.0 Å². The third kappa shape index (κ3) is 14.4. The minimum atomic E-state index is -1.12. The van der Waals surface area contributed by atoms with Crippen LogP contribution in [0.15, 0.2) is 129 Å². The Bertz CT molecular complexity index is 3200. The van der Waals surface area contributed by atoms with Gasteiger partial charge in [0.25, 0.3) is 0 Å². The Morgan fingerprint density at radius 2 is 0.840 bits per heavy atom. The number of phenols is 2. The molecule has 2 heterocycles. The summed E-state index contributed by atoms with van der Waals surface area (Å²) in [6.45, 7) is 19.1. The lowest BCUT2D eigenvalue weighted by Crippen LogP contribution is -2.50. The highest BCUT2D eigenvalue weighted by molar-refractivity contribution is 6.16. The lowest BCUT2D eigenvalue weighted by Gasteiger charge is -2.43. The van der Waals surface area contributed by atoms with Gasteiger partial charge in [0.15, 0.2) is 24.0 Å². The minimum Gasteiger partial charge on any atom is -0.507 e. The first kappa shape index (κ1) is 58.8. The molecule has 6 aromatic carbocycles. The standard InChI is InChI=1S/C65H74N6O10/c1-11-13-58(76)80-35-46(72)33-78-48-19-25-54(56(74)31-48)64-68-60(50-21-15-38(3)27-42(50)7)66-62(52-23-17-40(5)29-44(52)9)70(64)37-71-63(53-24-18-41(6)30-45(53)10)67-61(51-22-16-39(4)28-43(51)8)69-65(71)55-26-20-49(32-57(55)75)79-34-47(73)36-81-59(77)14-12-2/h15-32,46-47,62-63,72-75H,11-14,33-37H2,1-10H3. The van der Waals surface area contributed by atoms with Crippen molar-refractivity contribution in [2.75, 3.05) is 33.1 Å². The molecule has 2 aliphatic rings. The average Bonchev–Trinajstić information content (AvgIpc) is 3.44. The molecule has 4 N–H and O–H groups in total. The fourth-order valence-electron chi connectivity index (χ4n) is 9.96. The van der Waals surface area contributed by atoms with E-state index >= 15 is 0 Å². The van der Waals surface area contributed by atoms with E-state index in [1.165, 1.54) is 12.1 Å². The van der Waals surface area contributed by atoms with Crippen LogP contribution in [0.5, 0.6) is 23.0 Å². The lowest BCUT2D eigenvalue weighted by atomic mass is 9.99. The number of hydrogen-bond acceptors (Lipinski definition) is 16. The number of aliphatic imine (C=N–C) groups is 4. The zero-order valence-corrected chi connectivity index (χ0v) is 48.0. The lowest BCUT2D eigenvalue weighted by molar-refractivity contribution is -0.148. The maximum Gasteiger partial charge on any atom is 0.305 e. The zero-order valence-electron chi connectivity index (χ0n) is 48.0. The number of carbonyl (C=O) groups excluding carboxylic acids is 2. The number of benzene rings is 6. The number of rotatable bonds is 22. The van der Waals surface area contributed by atoms with Crippen LogP contribution < -0.4 is 9.47 Å². The molecule has 0 saturated heterocycles. The molecule has 0 spiro atoms. The van der Waals surface area contributed by atoms with Gasteiger partial charge in [0.05, 0.1) is 17.8 Å². The van der Waals surface area contributed by atoms with E-state index in [1.54, 1.807) is 24.3 Å². The summed E-state index contributed by atoms with van der Waals surface area (Å²) in [6.07, 6.45) is -2.08. The van der Waals surface area contributed by atoms with Crippen LogP contribution in [-0.4, -0.2) is 111 Å². The topological polar surface area (TPSA) is 208 Å². The van der Waals surface area contributed by atoms with Gasteiger partial charge in [0.2, 0.25) is 0 Å². The summed E-state index contributed by atoms with van der Waals surface area (Å²) in [7, 11) is 0. The third-order valence-electron chi connectivity index (χ3n) is 14.1. The number of aromatic hydroxyl groups is 2. The van der Waals surface area contributed by atoms with E-state index in [-0.39, 0.29) is 68.9 Å².